The molecule has 0 bridgehead atoms. The maximum absolute atomic E-state index is 11.9. The van der Waals surface area contributed by atoms with Crippen LogP contribution in [0.25, 0.3) is 0 Å². The Labute approximate surface area is 119 Å². The minimum atomic E-state index is -0.874. The van der Waals surface area contributed by atoms with Gasteiger partial charge in [0.2, 0.25) is 0 Å². The van der Waals surface area contributed by atoms with E-state index in [1.54, 1.807) is 0 Å². The lowest BCUT2D eigenvalue weighted by Crippen LogP contribution is -2.29. The summed E-state index contributed by atoms with van der Waals surface area (Å²) >= 11 is 0. The Balaban J connectivity index is 2.25. The zero-order valence-corrected chi connectivity index (χ0v) is 11.4. The van der Waals surface area contributed by atoms with Crippen molar-refractivity contribution in [3.8, 4) is 0 Å². The van der Waals surface area contributed by atoms with Gasteiger partial charge in [-0.25, -0.2) is 4.79 Å². The summed E-state index contributed by atoms with van der Waals surface area (Å²) in [5, 5.41) is 18.7. The van der Waals surface area contributed by atoms with Gasteiger partial charge in [0.1, 0.15) is 24.8 Å². The van der Waals surface area contributed by atoms with E-state index in [1.165, 1.54) is 13.1 Å². The van der Waals surface area contributed by atoms with Crippen molar-refractivity contribution < 1.29 is 24.5 Å². The van der Waals surface area contributed by atoms with Gasteiger partial charge in [0, 0.05) is 25.1 Å². The van der Waals surface area contributed by atoms with E-state index in [1.807, 2.05) is 0 Å². The number of hydrogen-bond acceptors (Lipinski definition) is 8. The molecule has 0 amide bonds. The van der Waals surface area contributed by atoms with Gasteiger partial charge in [-0.3, -0.25) is 9.36 Å². The molecule has 1 aromatic rings. The van der Waals surface area contributed by atoms with Crippen LogP contribution in [0.4, 0.5) is 5.82 Å². The fraction of sp³-hybridized carbons (Fsp3) is 0.583. The maximum atomic E-state index is 11.9. The van der Waals surface area contributed by atoms with Crippen LogP contribution in [0.1, 0.15) is 25.1 Å². The summed E-state index contributed by atoms with van der Waals surface area (Å²) in [4.78, 5) is 26.3. The monoisotopic (exact) mass is 299 g/mol. The number of carbonyl (C=O) groups is 1. The van der Waals surface area contributed by atoms with E-state index >= 15 is 0 Å². The molecule has 2 rings (SSSR count). The molecule has 1 saturated heterocycles. The fourth-order valence-electron chi connectivity index (χ4n) is 2.07. The van der Waals surface area contributed by atoms with Crippen molar-refractivity contribution >= 4 is 11.8 Å². The molecule has 1 fully saturated rings. The number of hydrogen-bond donors (Lipinski definition) is 3. The summed E-state index contributed by atoms with van der Waals surface area (Å²) in [5.41, 5.74) is 5.32. The Morgan fingerprint density at radius 2 is 2.38 bits per heavy atom. The molecule has 0 saturated carbocycles. The molecule has 4 N–H and O–H groups in total. The van der Waals surface area contributed by atoms with Gasteiger partial charge >= 0.3 is 11.7 Å². The number of nitrogens with two attached hydrogens (primary N) is 1. The third-order valence-electron chi connectivity index (χ3n) is 3.19. The van der Waals surface area contributed by atoms with Crippen LogP contribution in [0.5, 0.6) is 0 Å². The Morgan fingerprint density at radius 3 is 2.95 bits per heavy atom. The van der Waals surface area contributed by atoms with E-state index < -0.39 is 30.1 Å². The van der Waals surface area contributed by atoms with E-state index in [-0.39, 0.29) is 25.5 Å². The third-order valence-corrected chi connectivity index (χ3v) is 3.19. The molecule has 116 valence electrons. The normalized spacial score (nSPS) is 25.0. The number of carbonyl (C=O) groups excluding carboxylic acids is 1. The molecule has 3 atom stereocenters. The number of anilines is 1. The highest BCUT2D eigenvalue weighted by Crippen LogP contribution is 2.27. The van der Waals surface area contributed by atoms with Gasteiger partial charge in [-0.15, -0.1) is 0 Å². The van der Waals surface area contributed by atoms with E-state index in [0.29, 0.717) is 5.56 Å². The number of esters is 1. The van der Waals surface area contributed by atoms with Crippen LogP contribution in [0, 0.1) is 0 Å². The van der Waals surface area contributed by atoms with Gasteiger partial charge < -0.3 is 25.4 Å². The van der Waals surface area contributed by atoms with Gasteiger partial charge in [-0.2, -0.15) is 4.98 Å². The van der Waals surface area contributed by atoms with Crippen molar-refractivity contribution in [2.24, 2.45) is 0 Å². The molecule has 1 aromatic heterocycles. The number of ether oxygens (including phenoxy) is 2. The molecule has 9 heteroatoms. The molecular formula is C12H17N3O6. The highest BCUT2D eigenvalue weighted by molar-refractivity contribution is 5.66. The second-order valence-electron chi connectivity index (χ2n) is 4.74. The van der Waals surface area contributed by atoms with Gasteiger partial charge in [-0.1, -0.05) is 0 Å². The smallest absolute Gasteiger partial charge is 0.351 e. The Morgan fingerprint density at radius 1 is 1.67 bits per heavy atom. The Hall–Kier alpha value is -1.97. The van der Waals surface area contributed by atoms with Crippen LogP contribution in [-0.2, 0) is 20.9 Å². The maximum Gasteiger partial charge on any atom is 0.351 e. The number of aromatic nitrogens is 2. The van der Waals surface area contributed by atoms with Crippen LogP contribution >= 0.6 is 0 Å². The Kier molecular flexibility index (Phi) is 4.56. The largest absolute Gasteiger partial charge is 0.461 e. The SMILES string of the molecule is CC(=O)OCc1cn([C@H]2CC(O)[C@@H](CO)O2)c(=O)nc1N. The van der Waals surface area contributed by atoms with Crippen molar-refractivity contribution in [1.82, 2.24) is 9.55 Å². The van der Waals surface area contributed by atoms with E-state index in [0.717, 1.165) is 4.57 Å². The van der Waals surface area contributed by atoms with Crippen LogP contribution in [0.3, 0.4) is 0 Å². The van der Waals surface area contributed by atoms with Gasteiger partial charge in [-0.05, 0) is 0 Å². The third kappa shape index (κ3) is 3.38. The highest BCUT2D eigenvalue weighted by atomic mass is 16.5. The lowest BCUT2D eigenvalue weighted by atomic mass is 10.2. The molecule has 9 nitrogen and oxygen atoms in total. The molecule has 21 heavy (non-hydrogen) atoms. The first-order valence-electron chi connectivity index (χ1n) is 6.37. The molecule has 0 aromatic carbocycles. The lowest BCUT2D eigenvalue weighted by molar-refractivity contribution is -0.142. The van der Waals surface area contributed by atoms with Crippen molar-refractivity contribution in [2.45, 2.75) is 38.4 Å². The van der Waals surface area contributed by atoms with Crippen LogP contribution in [-0.4, -0.2) is 44.5 Å². The standard InChI is InChI=1S/C12H17N3O6/c1-6(17)20-5-7-3-15(12(19)14-11(7)13)10-2-8(18)9(4-16)21-10/h3,8-10,16,18H,2,4-5H2,1H3,(H2,13,14,19)/t8?,9-,10-/m1/s1. The average molecular weight is 299 g/mol. The zero-order chi connectivity index (χ0) is 15.6. The van der Waals surface area contributed by atoms with E-state index in [4.69, 9.17) is 20.3 Å². The molecule has 1 aliphatic rings. The first-order valence-corrected chi connectivity index (χ1v) is 6.37. The highest BCUT2D eigenvalue weighted by Gasteiger charge is 2.35. The van der Waals surface area contributed by atoms with Crippen LogP contribution < -0.4 is 11.4 Å². The molecular weight excluding hydrogens is 282 g/mol. The van der Waals surface area contributed by atoms with Crippen molar-refractivity contribution in [1.29, 1.82) is 0 Å². The second-order valence-corrected chi connectivity index (χ2v) is 4.74. The topological polar surface area (TPSA) is 137 Å². The van der Waals surface area contributed by atoms with Crippen molar-refractivity contribution in [3.05, 3.63) is 22.2 Å². The molecule has 2 heterocycles. The van der Waals surface area contributed by atoms with Gasteiger partial charge in [0.15, 0.2) is 0 Å². The lowest BCUT2D eigenvalue weighted by Gasteiger charge is -2.16. The van der Waals surface area contributed by atoms with E-state index in [9.17, 15) is 14.7 Å². The summed E-state index contributed by atoms with van der Waals surface area (Å²) in [6.45, 7) is 0.782. The zero-order valence-electron chi connectivity index (χ0n) is 11.4. The number of nitrogen functional groups attached to an aromatic ring is 1. The molecule has 1 unspecified atom stereocenters. The van der Waals surface area contributed by atoms with Crippen LogP contribution in [0.2, 0.25) is 0 Å². The predicted molar refractivity (Wildman–Crippen MR) is 70.0 cm³/mol. The van der Waals surface area contributed by atoms with Gasteiger partial charge in [0.25, 0.3) is 0 Å². The molecule has 0 aliphatic carbocycles. The summed E-state index contributed by atoms with van der Waals surface area (Å²) in [7, 11) is 0. The van der Waals surface area contributed by atoms with Crippen molar-refractivity contribution in [2.75, 3.05) is 12.3 Å². The number of rotatable bonds is 4. The number of aliphatic hydroxyl groups excluding tert-OH is 2. The summed E-state index contributed by atoms with van der Waals surface area (Å²) < 4.78 is 11.4. The number of nitrogens with zero attached hydrogens (tertiary/aromatic N) is 2. The van der Waals surface area contributed by atoms with E-state index in [2.05, 4.69) is 4.98 Å². The summed E-state index contributed by atoms with van der Waals surface area (Å²) in [6, 6.07) is 0. The van der Waals surface area contributed by atoms with Crippen LogP contribution in [0.15, 0.2) is 11.0 Å². The molecule has 1 aliphatic heterocycles. The van der Waals surface area contributed by atoms with Crippen molar-refractivity contribution in [3.63, 3.8) is 0 Å². The molecule has 0 spiro atoms. The first kappa shape index (κ1) is 15.4. The number of aliphatic hydroxyl groups is 2. The average Bonchev–Trinajstić information content (AvgIpc) is 2.78. The predicted octanol–water partition coefficient (Wildman–Crippen LogP) is -1.47. The molecule has 0 radical (unpaired) electrons. The van der Waals surface area contributed by atoms with Gasteiger partial charge in [0.05, 0.1) is 12.7 Å². The summed E-state index contributed by atoms with van der Waals surface area (Å²) in [6.07, 6.45) is -0.860. The second kappa shape index (κ2) is 6.20. The Bertz CT molecular complexity index is 587. The minimum absolute atomic E-state index is 0.0326. The quantitative estimate of drug-likeness (QED) is 0.573. The summed E-state index contributed by atoms with van der Waals surface area (Å²) in [5.74, 6) is -0.519. The first-order chi connectivity index (χ1) is 9.92. The fourth-order valence-corrected chi connectivity index (χ4v) is 2.07. The minimum Gasteiger partial charge on any atom is -0.461 e.